The number of quaternary nitrogens is 2. The van der Waals surface area contributed by atoms with Crippen LogP contribution in [0.2, 0.25) is 0 Å². The monoisotopic (exact) mass is 374 g/mol. The van der Waals surface area contributed by atoms with E-state index < -0.39 is 0 Å². The Hall–Kier alpha value is -1.72. The molecule has 5 heteroatoms. The van der Waals surface area contributed by atoms with E-state index in [-0.39, 0.29) is 0 Å². The van der Waals surface area contributed by atoms with Crippen molar-refractivity contribution in [3.05, 3.63) is 29.8 Å². The molecule has 0 unspecified atom stereocenters. The number of allylic oxidation sites excluding steroid dienone is 2. The van der Waals surface area contributed by atoms with Crippen LogP contribution in [0.1, 0.15) is 18.4 Å². The number of methoxy groups -OCH3 is 3. The first-order valence-electron chi connectivity index (χ1n) is 10.3. The van der Waals surface area contributed by atoms with Gasteiger partial charge in [-0.15, -0.1) is 0 Å². The maximum Gasteiger partial charge on any atom is 0.203 e. The van der Waals surface area contributed by atoms with Crippen LogP contribution in [0, 0.1) is 17.8 Å². The number of ether oxygens (including phenoxy) is 3. The summed E-state index contributed by atoms with van der Waals surface area (Å²) in [6.07, 6.45) is 7.80. The lowest BCUT2D eigenvalue weighted by Gasteiger charge is -2.32. The Balaban J connectivity index is 1.33. The summed E-state index contributed by atoms with van der Waals surface area (Å²) in [5.74, 6) is 4.94. The fourth-order valence-electron chi connectivity index (χ4n) is 5.41. The molecule has 0 radical (unpaired) electrons. The first-order chi connectivity index (χ1) is 13.2. The molecule has 5 nitrogen and oxygen atoms in total. The third kappa shape index (κ3) is 3.81. The molecule has 1 heterocycles. The molecule has 0 spiro atoms. The van der Waals surface area contributed by atoms with Gasteiger partial charge in [0.25, 0.3) is 0 Å². The molecule has 4 rings (SSSR count). The van der Waals surface area contributed by atoms with E-state index in [2.05, 4.69) is 18.2 Å². The predicted octanol–water partition coefficient (Wildman–Crippen LogP) is 0.208. The predicted molar refractivity (Wildman–Crippen MR) is 105 cm³/mol. The molecule has 1 aromatic carbocycles. The molecule has 1 aliphatic heterocycles. The summed E-state index contributed by atoms with van der Waals surface area (Å²) in [6, 6.07) is 4.11. The number of piperazine rings is 1. The number of rotatable bonds is 7. The number of benzene rings is 1. The summed E-state index contributed by atoms with van der Waals surface area (Å²) in [4.78, 5) is 3.45. The average molecular weight is 375 g/mol. The van der Waals surface area contributed by atoms with Crippen LogP contribution < -0.4 is 24.0 Å². The van der Waals surface area contributed by atoms with Crippen LogP contribution in [-0.4, -0.2) is 54.1 Å². The highest BCUT2D eigenvalue weighted by Crippen LogP contribution is 2.42. The van der Waals surface area contributed by atoms with Crippen molar-refractivity contribution >= 4 is 0 Å². The van der Waals surface area contributed by atoms with E-state index in [1.165, 1.54) is 51.1 Å². The fourth-order valence-corrected chi connectivity index (χ4v) is 5.41. The number of fused-ring (bicyclic) bond motifs is 2. The molecule has 2 N–H and O–H groups in total. The van der Waals surface area contributed by atoms with Crippen molar-refractivity contribution in [2.24, 2.45) is 17.8 Å². The molecular formula is C22H34N2O3+2. The van der Waals surface area contributed by atoms with E-state index in [0.29, 0.717) is 5.75 Å². The largest absolute Gasteiger partial charge is 0.493 e. The smallest absolute Gasteiger partial charge is 0.203 e. The van der Waals surface area contributed by atoms with Gasteiger partial charge in [0.15, 0.2) is 11.5 Å². The highest BCUT2D eigenvalue weighted by molar-refractivity contribution is 5.55. The van der Waals surface area contributed by atoms with E-state index in [1.807, 2.05) is 11.0 Å². The van der Waals surface area contributed by atoms with Crippen LogP contribution >= 0.6 is 0 Å². The van der Waals surface area contributed by atoms with Gasteiger partial charge < -0.3 is 24.0 Å². The average Bonchev–Trinajstić information content (AvgIpc) is 3.32. The fraction of sp³-hybridized carbons (Fsp3) is 0.636. The van der Waals surface area contributed by atoms with Gasteiger partial charge in [0, 0.05) is 5.92 Å². The second kappa shape index (κ2) is 8.11. The molecule has 27 heavy (non-hydrogen) atoms. The molecular weight excluding hydrogens is 340 g/mol. The first kappa shape index (κ1) is 18.6. The van der Waals surface area contributed by atoms with Crippen molar-refractivity contribution in [2.45, 2.75) is 19.4 Å². The van der Waals surface area contributed by atoms with Crippen LogP contribution in [0.5, 0.6) is 17.2 Å². The topological polar surface area (TPSA) is 36.6 Å². The van der Waals surface area contributed by atoms with Gasteiger partial charge in [-0.3, -0.25) is 0 Å². The second-order valence-electron chi connectivity index (χ2n) is 8.41. The molecule has 1 saturated carbocycles. The third-order valence-corrected chi connectivity index (χ3v) is 6.86. The Bertz CT molecular complexity index is 682. The van der Waals surface area contributed by atoms with Gasteiger partial charge in [0.05, 0.1) is 33.4 Å². The van der Waals surface area contributed by atoms with Crippen molar-refractivity contribution in [3.8, 4) is 17.2 Å². The SMILES string of the molecule is COc1ccc(C[NH+]2CC[NH+](C[C@@H]3C[C@H]4C=C[C@H]3C4)CC2)c(OC)c1OC. The molecule has 0 amide bonds. The molecule has 2 fully saturated rings. The molecule has 1 saturated heterocycles. The Morgan fingerprint density at radius 2 is 1.59 bits per heavy atom. The highest BCUT2D eigenvalue weighted by atomic mass is 16.5. The Morgan fingerprint density at radius 3 is 2.19 bits per heavy atom. The van der Waals surface area contributed by atoms with Gasteiger partial charge >= 0.3 is 0 Å². The Morgan fingerprint density at radius 1 is 0.852 bits per heavy atom. The minimum atomic E-state index is 0.700. The lowest BCUT2D eigenvalue weighted by Crippen LogP contribution is -3.27. The molecule has 2 bridgehead atoms. The number of nitrogens with one attached hydrogen (secondary N) is 2. The van der Waals surface area contributed by atoms with Crippen molar-refractivity contribution in [2.75, 3.05) is 54.1 Å². The van der Waals surface area contributed by atoms with Gasteiger partial charge in [0.1, 0.15) is 32.7 Å². The van der Waals surface area contributed by atoms with Crippen LogP contribution in [0.15, 0.2) is 24.3 Å². The summed E-state index contributed by atoms with van der Waals surface area (Å²) in [5, 5.41) is 0. The minimum Gasteiger partial charge on any atom is -0.493 e. The van der Waals surface area contributed by atoms with Crippen molar-refractivity contribution in [1.82, 2.24) is 0 Å². The van der Waals surface area contributed by atoms with E-state index in [4.69, 9.17) is 14.2 Å². The maximum atomic E-state index is 5.66. The molecule has 0 aromatic heterocycles. The molecule has 2 aliphatic carbocycles. The third-order valence-electron chi connectivity index (χ3n) is 6.86. The zero-order chi connectivity index (χ0) is 18.8. The highest BCUT2D eigenvalue weighted by Gasteiger charge is 2.38. The quantitative estimate of drug-likeness (QED) is 0.670. The Labute approximate surface area is 162 Å². The first-order valence-corrected chi connectivity index (χ1v) is 10.3. The van der Waals surface area contributed by atoms with E-state index >= 15 is 0 Å². The van der Waals surface area contributed by atoms with Crippen LogP contribution in [0.3, 0.4) is 0 Å². The van der Waals surface area contributed by atoms with Crippen molar-refractivity contribution in [1.29, 1.82) is 0 Å². The van der Waals surface area contributed by atoms with Crippen LogP contribution in [0.4, 0.5) is 0 Å². The minimum absolute atomic E-state index is 0.700. The molecule has 3 aliphatic rings. The maximum absolute atomic E-state index is 5.66. The number of hydrogen-bond donors (Lipinski definition) is 2. The van der Waals surface area contributed by atoms with Crippen LogP contribution in [-0.2, 0) is 6.54 Å². The van der Waals surface area contributed by atoms with Gasteiger partial charge in [0.2, 0.25) is 5.75 Å². The zero-order valence-corrected chi connectivity index (χ0v) is 16.9. The lowest BCUT2D eigenvalue weighted by molar-refractivity contribution is -1.02. The standard InChI is InChI=1S/C22H32N2O3/c1-25-20-7-6-18(21(26-2)22(20)27-3)14-23-8-10-24(11-9-23)15-19-13-16-4-5-17(19)12-16/h4-7,16-17,19H,8-15H2,1-3H3/p+2/t16-,17-,19-/m0/s1. The normalized spacial score (nSPS) is 31.9. The summed E-state index contributed by atoms with van der Waals surface area (Å²) >= 11 is 0. The molecule has 3 atom stereocenters. The zero-order valence-electron chi connectivity index (χ0n) is 16.9. The van der Waals surface area contributed by atoms with Gasteiger partial charge in [-0.05, 0) is 36.8 Å². The van der Waals surface area contributed by atoms with Gasteiger partial charge in [-0.1, -0.05) is 12.2 Å². The molecule has 1 aromatic rings. The summed E-state index contributed by atoms with van der Waals surface area (Å²) in [5.41, 5.74) is 1.20. The van der Waals surface area contributed by atoms with E-state index in [9.17, 15) is 0 Å². The van der Waals surface area contributed by atoms with Gasteiger partial charge in [-0.25, -0.2) is 0 Å². The Kier molecular flexibility index (Phi) is 5.60. The van der Waals surface area contributed by atoms with Crippen molar-refractivity contribution < 1.29 is 24.0 Å². The molecule has 148 valence electrons. The van der Waals surface area contributed by atoms with Crippen molar-refractivity contribution in [3.63, 3.8) is 0 Å². The van der Waals surface area contributed by atoms with E-state index in [0.717, 1.165) is 35.8 Å². The summed E-state index contributed by atoms with van der Waals surface area (Å²) in [7, 11) is 5.04. The number of hydrogen-bond acceptors (Lipinski definition) is 3. The second-order valence-corrected chi connectivity index (χ2v) is 8.41. The summed E-state index contributed by atoms with van der Waals surface area (Å²) in [6.45, 7) is 7.37. The van der Waals surface area contributed by atoms with Gasteiger partial charge in [-0.2, -0.15) is 0 Å². The van der Waals surface area contributed by atoms with E-state index in [1.54, 1.807) is 26.2 Å². The summed E-state index contributed by atoms with van der Waals surface area (Å²) < 4.78 is 16.6. The lowest BCUT2D eigenvalue weighted by atomic mass is 9.93. The van der Waals surface area contributed by atoms with Crippen LogP contribution in [0.25, 0.3) is 0 Å².